The van der Waals surface area contributed by atoms with Crippen LogP contribution in [0.2, 0.25) is 0 Å². The van der Waals surface area contributed by atoms with E-state index in [0.717, 1.165) is 3.57 Å². The number of hydrazone groups is 1. The Bertz CT molecular complexity index is 1280. The predicted octanol–water partition coefficient (Wildman–Crippen LogP) is 3.33. The second kappa shape index (κ2) is 12.9. The van der Waals surface area contributed by atoms with E-state index >= 15 is 0 Å². The Morgan fingerprint density at radius 1 is 1.22 bits per heavy atom. The third kappa shape index (κ3) is 7.24. The Kier molecular flexibility index (Phi) is 9.96. The largest absolute Gasteiger partial charge is 0.506 e. The minimum Gasteiger partial charge on any atom is -0.506 e. The summed E-state index contributed by atoms with van der Waals surface area (Å²) in [6.45, 7) is 3.14. The van der Waals surface area contributed by atoms with E-state index < -0.39 is 23.9 Å². The summed E-state index contributed by atoms with van der Waals surface area (Å²) in [4.78, 5) is 36.8. The van der Waals surface area contributed by atoms with Gasteiger partial charge in [0.15, 0.2) is 18.1 Å². The molecule has 0 saturated carbocycles. The average molecular weight is 734 g/mol. The summed E-state index contributed by atoms with van der Waals surface area (Å²) < 4.78 is 17.7. The fraction of sp³-hybridized carbons (Fsp3) is 0.250. The topological polar surface area (TPSA) is 148 Å². The minimum atomic E-state index is -0.770. The van der Waals surface area contributed by atoms with E-state index in [1.54, 1.807) is 38.1 Å². The number of carbonyl (C=O) groups excluding carboxylic acids is 3. The van der Waals surface area contributed by atoms with Crippen molar-refractivity contribution in [3.8, 4) is 17.2 Å². The van der Waals surface area contributed by atoms with Gasteiger partial charge in [0.2, 0.25) is 0 Å². The molecule has 0 bridgehead atoms. The van der Waals surface area contributed by atoms with Crippen molar-refractivity contribution in [1.82, 2.24) is 16.1 Å². The zero-order valence-electron chi connectivity index (χ0n) is 20.1. The van der Waals surface area contributed by atoms with Crippen LogP contribution in [-0.4, -0.2) is 49.6 Å². The van der Waals surface area contributed by atoms with Crippen LogP contribution in [-0.2, 0) is 14.3 Å². The van der Waals surface area contributed by atoms with Crippen LogP contribution in [0.25, 0.3) is 0 Å². The van der Waals surface area contributed by atoms with Gasteiger partial charge in [-0.05, 0) is 88.9 Å². The first-order valence-corrected chi connectivity index (χ1v) is 13.1. The van der Waals surface area contributed by atoms with Crippen LogP contribution < -0.4 is 25.5 Å². The Morgan fingerprint density at radius 2 is 1.97 bits per heavy atom. The van der Waals surface area contributed by atoms with Crippen molar-refractivity contribution in [2.45, 2.75) is 19.9 Å². The van der Waals surface area contributed by atoms with Gasteiger partial charge >= 0.3 is 12.0 Å². The molecular weight excluding hydrogens is 710 g/mol. The highest BCUT2D eigenvalue weighted by atomic mass is 127. The number of amides is 3. The molecule has 4 N–H and O–H groups in total. The zero-order chi connectivity index (χ0) is 27.1. The maximum absolute atomic E-state index is 12.5. The average Bonchev–Trinajstić information content (AvgIpc) is 2.85. The van der Waals surface area contributed by atoms with E-state index in [-0.39, 0.29) is 30.3 Å². The van der Waals surface area contributed by atoms with Gasteiger partial charge in [0, 0.05) is 14.8 Å². The Balaban J connectivity index is 1.70. The normalized spacial score (nSPS) is 15.2. The molecule has 11 nitrogen and oxygen atoms in total. The summed E-state index contributed by atoms with van der Waals surface area (Å²) in [5.41, 5.74) is 4.02. The molecule has 37 heavy (non-hydrogen) atoms. The number of hydrogen-bond acceptors (Lipinski definition) is 8. The molecule has 0 radical (unpaired) electrons. The fourth-order valence-corrected chi connectivity index (χ4v) is 5.33. The number of aromatic hydroxyl groups is 1. The van der Waals surface area contributed by atoms with Crippen molar-refractivity contribution in [2.75, 3.05) is 20.3 Å². The van der Waals surface area contributed by atoms with Crippen molar-refractivity contribution < 1.29 is 33.7 Å². The lowest BCUT2D eigenvalue weighted by Gasteiger charge is -2.28. The number of nitrogens with zero attached hydrogens (tertiary/aromatic N) is 1. The van der Waals surface area contributed by atoms with Gasteiger partial charge in [0.25, 0.3) is 5.91 Å². The fourth-order valence-electron chi connectivity index (χ4n) is 3.44. The lowest BCUT2D eigenvalue weighted by atomic mass is 9.95. The van der Waals surface area contributed by atoms with Gasteiger partial charge in [-0.15, -0.1) is 0 Å². The molecule has 0 unspecified atom stereocenters. The molecule has 196 valence electrons. The molecule has 2 aromatic rings. The summed E-state index contributed by atoms with van der Waals surface area (Å²) in [5, 5.41) is 19.3. The number of ether oxygens (including phenoxy) is 3. The molecular formula is C24H24I2N4O7. The number of allylic oxidation sites excluding steroid dienone is 1. The predicted molar refractivity (Wildman–Crippen MR) is 152 cm³/mol. The highest BCUT2D eigenvalue weighted by Crippen LogP contribution is 2.34. The van der Waals surface area contributed by atoms with Gasteiger partial charge in [-0.2, -0.15) is 5.10 Å². The van der Waals surface area contributed by atoms with Gasteiger partial charge in [-0.3, -0.25) is 4.79 Å². The SMILES string of the molecule is CCOC(=O)C1=C(C)NC(=O)N[C@H]1c1ccc(OCC(=O)N/N=C\c2cc(I)cc(I)c2O)c(OC)c1. The molecule has 1 aliphatic rings. The number of phenols is 1. The van der Waals surface area contributed by atoms with Gasteiger partial charge in [0.05, 0.1) is 35.1 Å². The van der Waals surface area contributed by atoms with Crippen molar-refractivity contribution in [1.29, 1.82) is 0 Å². The molecule has 13 heteroatoms. The third-order valence-corrected chi connectivity index (χ3v) is 6.54. The molecule has 2 aromatic carbocycles. The van der Waals surface area contributed by atoms with Crippen LogP contribution >= 0.6 is 45.2 Å². The lowest BCUT2D eigenvalue weighted by Crippen LogP contribution is -2.45. The first kappa shape index (κ1) is 28.5. The molecule has 1 atom stereocenters. The van der Waals surface area contributed by atoms with Crippen LogP contribution in [0.3, 0.4) is 0 Å². The maximum Gasteiger partial charge on any atom is 0.338 e. The van der Waals surface area contributed by atoms with Crippen molar-refractivity contribution in [3.63, 3.8) is 0 Å². The highest BCUT2D eigenvalue weighted by molar-refractivity contribution is 14.1. The number of methoxy groups -OCH3 is 1. The number of benzene rings is 2. The van der Waals surface area contributed by atoms with E-state index in [0.29, 0.717) is 26.1 Å². The van der Waals surface area contributed by atoms with Crippen molar-refractivity contribution in [3.05, 3.63) is 59.9 Å². The lowest BCUT2D eigenvalue weighted by molar-refractivity contribution is -0.139. The Hall–Kier alpha value is -3.08. The summed E-state index contributed by atoms with van der Waals surface area (Å²) in [5.74, 6) is -0.450. The summed E-state index contributed by atoms with van der Waals surface area (Å²) in [7, 11) is 1.43. The molecule has 0 aromatic heterocycles. The first-order valence-electron chi connectivity index (χ1n) is 10.9. The van der Waals surface area contributed by atoms with Crippen LogP contribution in [0.5, 0.6) is 17.2 Å². The number of halogens is 2. The molecule has 0 saturated heterocycles. The Morgan fingerprint density at radius 3 is 2.68 bits per heavy atom. The van der Waals surface area contributed by atoms with Gasteiger partial charge in [0.1, 0.15) is 5.75 Å². The standard InChI is InChI=1S/C24H24I2N4O7/c1-4-36-23(33)20-12(2)28-24(34)29-21(20)13-5-6-17(18(8-13)35-3)37-11-19(31)30-27-10-14-7-15(25)9-16(26)22(14)32/h5-10,21,32H,4,11H2,1-3H3,(H,30,31)(H2,28,29,34)/b27-10-/t21-/m0/s1. The van der Waals surface area contributed by atoms with Crippen molar-refractivity contribution >= 4 is 69.3 Å². The minimum absolute atomic E-state index is 0.0705. The summed E-state index contributed by atoms with van der Waals surface area (Å²) in [6.07, 6.45) is 1.34. The van der Waals surface area contributed by atoms with Crippen LogP contribution in [0, 0.1) is 7.14 Å². The van der Waals surface area contributed by atoms with E-state index in [1.807, 2.05) is 28.7 Å². The molecule has 1 aliphatic heterocycles. The van der Waals surface area contributed by atoms with Crippen LogP contribution in [0.1, 0.15) is 31.0 Å². The monoisotopic (exact) mass is 734 g/mol. The number of phenolic OH excluding ortho intramolecular Hbond substituents is 1. The molecule has 3 rings (SSSR count). The number of carbonyl (C=O) groups is 3. The quantitative estimate of drug-likeness (QED) is 0.134. The number of rotatable bonds is 9. The number of nitrogens with one attached hydrogen (secondary N) is 3. The van der Waals surface area contributed by atoms with E-state index in [9.17, 15) is 19.5 Å². The number of esters is 1. The van der Waals surface area contributed by atoms with Gasteiger partial charge in [-0.1, -0.05) is 6.07 Å². The molecule has 0 fully saturated rings. The zero-order valence-corrected chi connectivity index (χ0v) is 24.4. The van der Waals surface area contributed by atoms with Gasteiger partial charge < -0.3 is 30.0 Å². The van der Waals surface area contributed by atoms with Crippen LogP contribution in [0.4, 0.5) is 4.79 Å². The molecule has 0 spiro atoms. The third-order valence-electron chi connectivity index (χ3n) is 5.09. The maximum atomic E-state index is 12.5. The summed E-state index contributed by atoms with van der Waals surface area (Å²) >= 11 is 4.13. The molecule has 1 heterocycles. The van der Waals surface area contributed by atoms with E-state index in [2.05, 4.69) is 43.8 Å². The number of urea groups is 1. The molecule has 0 aliphatic carbocycles. The highest BCUT2D eigenvalue weighted by Gasteiger charge is 2.32. The Labute approximate surface area is 240 Å². The van der Waals surface area contributed by atoms with E-state index in [1.165, 1.54) is 13.3 Å². The van der Waals surface area contributed by atoms with Crippen LogP contribution in [0.15, 0.2) is 46.7 Å². The first-order chi connectivity index (χ1) is 17.6. The smallest absolute Gasteiger partial charge is 0.338 e. The number of hydrogen-bond donors (Lipinski definition) is 4. The summed E-state index contributed by atoms with van der Waals surface area (Å²) in [6, 6.07) is 7.14. The van der Waals surface area contributed by atoms with Gasteiger partial charge in [-0.25, -0.2) is 15.0 Å². The second-order valence-corrected chi connectivity index (χ2v) is 10.0. The molecule has 3 amide bonds. The second-order valence-electron chi connectivity index (χ2n) is 7.61. The van der Waals surface area contributed by atoms with E-state index in [4.69, 9.17) is 14.2 Å². The van der Waals surface area contributed by atoms with Crippen molar-refractivity contribution in [2.24, 2.45) is 5.10 Å².